The summed E-state index contributed by atoms with van der Waals surface area (Å²) in [6.07, 6.45) is 0. The molecule has 1 amide bonds. The van der Waals surface area contributed by atoms with Crippen LogP contribution in [0, 0.1) is 19.7 Å². The third-order valence-corrected chi connectivity index (χ3v) is 5.71. The number of hydrogen-bond donors (Lipinski definition) is 0. The Bertz CT molecular complexity index is 1170. The van der Waals surface area contributed by atoms with E-state index in [9.17, 15) is 14.0 Å². The Morgan fingerprint density at radius 2 is 1.68 bits per heavy atom. The molecule has 0 atom stereocenters. The Labute approximate surface area is 180 Å². The predicted molar refractivity (Wildman–Crippen MR) is 117 cm³/mol. The van der Waals surface area contributed by atoms with Crippen LogP contribution in [0.25, 0.3) is 5.69 Å². The molecule has 1 saturated heterocycles. The fourth-order valence-electron chi connectivity index (χ4n) is 3.85. The van der Waals surface area contributed by atoms with Crippen molar-refractivity contribution in [1.82, 2.24) is 19.6 Å². The molecule has 7 heteroatoms. The van der Waals surface area contributed by atoms with E-state index >= 15 is 0 Å². The number of aryl methyl sites for hydroxylation is 2. The number of halogens is 1. The Kier molecular flexibility index (Phi) is 5.95. The second kappa shape index (κ2) is 8.81. The molecular formula is C24H25FN4O2. The molecule has 1 aliphatic heterocycles. The summed E-state index contributed by atoms with van der Waals surface area (Å²) in [6.45, 7) is 7.05. The number of benzene rings is 2. The molecule has 0 aliphatic carbocycles. The van der Waals surface area contributed by atoms with Crippen molar-refractivity contribution in [3.63, 3.8) is 0 Å². The largest absolute Gasteiger partial charge is 0.335 e. The van der Waals surface area contributed by atoms with Gasteiger partial charge in [-0.15, -0.1) is 0 Å². The predicted octanol–water partition coefficient (Wildman–Crippen LogP) is 2.95. The van der Waals surface area contributed by atoms with E-state index in [4.69, 9.17) is 0 Å². The van der Waals surface area contributed by atoms with Crippen LogP contribution in [0.5, 0.6) is 0 Å². The number of piperazine rings is 1. The van der Waals surface area contributed by atoms with E-state index in [1.165, 1.54) is 27.9 Å². The molecule has 31 heavy (non-hydrogen) atoms. The molecule has 6 nitrogen and oxygen atoms in total. The van der Waals surface area contributed by atoms with Gasteiger partial charge in [0.05, 0.1) is 0 Å². The van der Waals surface area contributed by atoms with Crippen molar-refractivity contribution in [3.8, 4) is 5.69 Å². The van der Waals surface area contributed by atoms with Gasteiger partial charge in [-0.1, -0.05) is 36.4 Å². The first-order valence-electron chi connectivity index (χ1n) is 10.4. The number of carbonyl (C=O) groups is 1. The van der Waals surface area contributed by atoms with Crippen LogP contribution in [0.1, 0.15) is 27.3 Å². The second-order valence-electron chi connectivity index (χ2n) is 7.86. The second-order valence-corrected chi connectivity index (χ2v) is 7.86. The summed E-state index contributed by atoms with van der Waals surface area (Å²) in [4.78, 5) is 29.5. The topological polar surface area (TPSA) is 58.4 Å². The first kappa shape index (κ1) is 20.9. The van der Waals surface area contributed by atoms with Gasteiger partial charge in [-0.05, 0) is 37.1 Å². The molecule has 1 aromatic heterocycles. The van der Waals surface area contributed by atoms with E-state index in [0.717, 1.165) is 6.54 Å². The Morgan fingerprint density at radius 1 is 1.00 bits per heavy atom. The summed E-state index contributed by atoms with van der Waals surface area (Å²) in [5, 5.41) is 4.24. The lowest BCUT2D eigenvalue weighted by atomic mass is 10.1. The highest BCUT2D eigenvalue weighted by Gasteiger charge is 2.26. The minimum absolute atomic E-state index is 0.179. The Morgan fingerprint density at radius 3 is 2.39 bits per heavy atom. The lowest BCUT2D eigenvalue weighted by Gasteiger charge is -2.34. The molecule has 1 aliphatic rings. The van der Waals surface area contributed by atoms with Gasteiger partial charge in [0.25, 0.3) is 5.91 Å². The summed E-state index contributed by atoms with van der Waals surface area (Å²) in [7, 11) is 0. The molecule has 0 saturated carbocycles. The van der Waals surface area contributed by atoms with Crippen molar-refractivity contribution in [1.29, 1.82) is 0 Å². The zero-order valence-electron chi connectivity index (χ0n) is 17.7. The quantitative estimate of drug-likeness (QED) is 0.651. The van der Waals surface area contributed by atoms with Crippen LogP contribution in [-0.2, 0) is 6.54 Å². The molecule has 0 N–H and O–H groups in total. The van der Waals surface area contributed by atoms with Gasteiger partial charge in [0.2, 0.25) is 5.43 Å². The van der Waals surface area contributed by atoms with Crippen LogP contribution in [-0.4, -0.2) is 51.7 Å². The zero-order chi connectivity index (χ0) is 22.0. The fraction of sp³-hybridized carbons (Fsp3) is 0.292. The highest BCUT2D eigenvalue weighted by molar-refractivity contribution is 5.92. The summed E-state index contributed by atoms with van der Waals surface area (Å²) in [5.74, 6) is -0.879. The number of rotatable bonds is 4. The van der Waals surface area contributed by atoms with Crippen LogP contribution in [0.15, 0.2) is 59.4 Å². The van der Waals surface area contributed by atoms with E-state index < -0.39 is 17.2 Å². The molecule has 2 heterocycles. The molecule has 1 fully saturated rings. The normalized spacial score (nSPS) is 14.6. The minimum Gasteiger partial charge on any atom is -0.335 e. The van der Waals surface area contributed by atoms with E-state index in [1.807, 2.05) is 12.1 Å². The highest BCUT2D eigenvalue weighted by atomic mass is 19.1. The van der Waals surface area contributed by atoms with Gasteiger partial charge in [0, 0.05) is 44.5 Å². The number of amides is 1. The third-order valence-electron chi connectivity index (χ3n) is 5.71. The van der Waals surface area contributed by atoms with Gasteiger partial charge in [0.15, 0.2) is 5.69 Å². The Hall–Kier alpha value is -3.32. The van der Waals surface area contributed by atoms with Crippen LogP contribution in [0.3, 0.4) is 0 Å². The first-order chi connectivity index (χ1) is 14.9. The van der Waals surface area contributed by atoms with Gasteiger partial charge in [-0.3, -0.25) is 14.5 Å². The van der Waals surface area contributed by atoms with Gasteiger partial charge < -0.3 is 4.90 Å². The number of aromatic nitrogens is 2. The van der Waals surface area contributed by atoms with Crippen LogP contribution >= 0.6 is 0 Å². The van der Waals surface area contributed by atoms with Crippen molar-refractivity contribution in [2.75, 3.05) is 26.2 Å². The summed E-state index contributed by atoms with van der Waals surface area (Å²) < 4.78 is 15.6. The smallest absolute Gasteiger partial charge is 0.278 e. The van der Waals surface area contributed by atoms with Gasteiger partial charge in [-0.2, -0.15) is 5.10 Å². The molecule has 160 valence electrons. The van der Waals surface area contributed by atoms with Crippen molar-refractivity contribution >= 4 is 5.91 Å². The number of nitrogens with zero attached hydrogens (tertiary/aromatic N) is 4. The number of hydrogen-bond acceptors (Lipinski definition) is 4. The zero-order valence-corrected chi connectivity index (χ0v) is 17.7. The van der Waals surface area contributed by atoms with Crippen molar-refractivity contribution < 1.29 is 9.18 Å². The fourth-order valence-corrected chi connectivity index (χ4v) is 3.85. The van der Waals surface area contributed by atoms with E-state index in [1.54, 1.807) is 30.0 Å². The van der Waals surface area contributed by atoms with E-state index in [0.29, 0.717) is 31.9 Å². The van der Waals surface area contributed by atoms with E-state index in [2.05, 4.69) is 29.1 Å². The number of carbonyl (C=O) groups excluding carboxylic acids is 1. The van der Waals surface area contributed by atoms with E-state index in [-0.39, 0.29) is 11.4 Å². The van der Waals surface area contributed by atoms with Crippen LogP contribution < -0.4 is 5.43 Å². The maximum absolute atomic E-state index is 14.3. The first-order valence-corrected chi connectivity index (χ1v) is 10.4. The molecule has 0 spiro atoms. The maximum Gasteiger partial charge on any atom is 0.278 e. The monoisotopic (exact) mass is 420 g/mol. The maximum atomic E-state index is 14.3. The molecule has 0 bridgehead atoms. The standard InChI is InChI=1S/C24H25FN4O2/c1-17-7-3-4-8-19(17)16-27-11-13-28(14-12-27)24(31)23-22(30)15-18(2)29(26-23)21-10-6-5-9-20(21)25/h3-10,15H,11-14,16H2,1-2H3. The van der Waals surface area contributed by atoms with Crippen molar-refractivity contribution in [3.05, 3.63) is 93.2 Å². The molecule has 3 aromatic rings. The summed E-state index contributed by atoms with van der Waals surface area (Å²) in [5.41, 5.74) is 2.57. The third kappa shape index (κ3) is 4.41. The summed E-state index contributed by atoms with van der Waals surface area (Å²) >= 11 is 0. The van der Waals surface area contributed by atoms with Crippen LogP contribution in [0.4, 0.5) is 4.39 Å². The molecule has 0 unspecified atom stereocenters. The lowest BCUT2D eigenvalue weighted by Crippen LogP contribution is -2.49. The van der Waals surface area contributed by atoms with Crippen LogP contribution in [0.2, 0.25) is 0 Å². The Balaban J connectivity index is 1.50. The van der Waals surface area contributed by atoms with Crippen molar-refractivity contribution in [2.45, 2.75) is 20.4 Å². The molecular weight excluding hydrogens is 395 g/mol. The van der Waals surface area contributed by atoms with Gasteiger partial charge >= 0.3 is 0 Å². The average Bonchev–Trinajstić information content (AvgIpc) is 2.76. The van der Waals surface area contributed by atoms with Gasteiger partial charge in [-0.25, -0.2) is 9.07 Å². The lowest BCUT2D eigenvalue weighted by molar-refractivity contribution is 0.0619. The molecule has 0 radical (unpaired) electrons. The van der Waals surface area contributed by atoms with Gasteiger partial charge in [0.1, 0.15) is 11.5 Å². The highest BCUT2D eigenvalue weighted by Crippen LogP contribution is 2.15. The molecule has 2 aromatic carbocycles. The SMILES string of the molecule is Cc1ccccc1CN1CCN(C(=O)c2nn(-c3ccccc3F)c(C)cc2=O)CC1. The molecule has 4 rings (SSSR count). The number of para-hydroxylation sites is 1. The van der Waals surface area contributed by atoms with Crippen molar-refractivity contribution in [2.24, 2.45) is 0 Å². The average molecular weight is 420 g/mol. The summed E-state index contributed by atoms with van der Waals surface area (Å²) in [6, 6.07) is 15.8. The minimum atomic E-state index is -0.468.